The average molecular weight is 284 g/mol. The number of nitrogens with zero attached hydrogens (tertiary/aromatic N) is 2. The molecule has 110 valence electrons. The van der Waals surface area contributed by atoms with Crippen molar-refractivity contribution in [3.8, 4) is 6.07 Å². The molecule has 2 rings (SSSR count). The largest absolute Gasteiger partial charge is 0.399 e. The minimum absolute atomic E-state index is 0.0238. The second-order valence-electron chi connectivity index (χ2n) is 5.20. The molecule has 5 nitrogen and oxygen atoms in total. The highest BCUT2D eigenvalue weighted by atomic mass is 16.2. The highest BCUT2D eigenvalue weighted by Crippen LogP contribution is 2.19. The Hall–Kier alpha value is -2.48. The van der Waals surface area contributed by atoms with Crippen LogP contribution in [0.4, 0.5) is 5.69 Å². The van der Waals surface area contributed by atoms with Gasteiger partial charge in [-0.15, -0.1) is 0 Å². The van der Waals surface area contributed by atoms with Crippen LogP contribution < -0.4 is 11.5 Å². The van der Waals surface area contributed by atoms with Crippen molar-refractivity contribution >= 4 is 17.3 Å². The van der Waals surface area contributed by atoms with E-state index in [-0.39, 0.29) is 11.9 Å². The first-order valence-electron chi connectivity index (χ1n) is 7.12. The van der Waals surface area contributed by atoms with Crippen LogP contribution in [0, 0.1) is 11.3 Å². The zero-order chi connectivity index (χ0) is 15.2. The first kappa shape index (κ1) is 14.9. The summed E-state index contributed by atoms with van der Waals surface area (Å²) in [5.74, 6) is 0.0238. The standard InChI is InChI=1S/C16H20N4O/c17-11-14-6-3-9-20(14)16(21)8-2-7-15(19)12-4-1-5-13(18)10-12/h1,4-5,7,10,14H,2-3,6,8-9,18-19H2. The first-order chi connectivity index (χ1) is 10.1. The Labute approximate surface area is 124 Å². The summed E-state index contributed by atoms with van der Waals surface area (Å²) >= 11 is 0. The number of nitrogen functional groups attached to an aromatic ring is 1. The lowest BCUT2D eigenvalue weighted by Gasteiger charge is -2.18. The molecule has 0 spiro atoms. The van der Waals surface area contributed by atoms with Crippen LogP contribution in [0.25, 0.3) is 5.70 Å². The molecule has 1 fully saturated rings. The van der Waals surface area contributed by atoms with E-state index in [0.29, 0.717) is 30.8 Å². The van der Waals surface area contributed by atoms with Gasteiger partial charge in [0.2, 0.25) is 5.91 Å². The van der Waals surface area contributed by atoms with E-state index in [9.17, 15) is 4.79 Å². The van der Waals surface area contributed by atoms with E-state index in [4.69, 9.17) is 16.7 Å². The van der Waals surface area contributed by atoms with E-state index >= 15 is 0 Å². The summed E-state index contributed by atoms with van der Waals surface area (Å²) in [6.45, 7) is 0.686. The molecule has 0 aromatic heterocycles. The van der Waals surface area contributed by atoms with Gasteiger partial charge in [0.15, 0.2) is 0 Å². The number of rotatable bonds is 4. The third-order valence-electron chi connectivity index (χ3n) is 3.66. The van der Waals surface area contributed by atoms with Crippen LogP contribution in [-0.4, -0.2) is 23.4 Å². The lowest BCUT2D eigenvalue weighted by atomic mass is 10.1. The summed E-state index contributed by atoms with van der Waals surface area (Å²) in [5.41, 5.74) is 13.8. The van der Waals surface area contributed by atoms with E-state index in [1.54, 1.807) is 17.0 Å². The Morgan fingerprint density at radius 1 is 1.52 bits per heavy atom. The highest BCUT2D eigenvalue weighted by molar-refractivity contribution is 5.77. The van der Waals surface area contributed by atoms with Crippen molar-refractivity contribution in [1.29, 1.82) is 5.26 Å². The van der Waals surface area contributed by atoms with Crippen molar-refractivity contribution in [2.45, 2.75) is 31.7 Å². The summed E-state index contributed by atoms with van der Waals surface area (Å²) in [7, 11) is 0. The Bertz CT molecular complexity index is 588. The van der Waals surface area contributed by atoms with Gasteiger partial charge >= 0.3 is 0 Å². The summed E-state index contributed by atoms with van der Waals surface area (Å²) in [5, 5.41) is 8.99. The molecule has 0 saturated carbocycles. The predicted molar refractivity (Wildman–Crippen MR) is 82.6 cm³/mol. The summed E-state index contributed by atoms with van der Waals surface area (Å²) < 4.78 is 0. The summed E-state index contributed by atoms with van der Waals surface area (Å²) in [4.78, 5) is 13.7. The second-order valence-corrected chi connectivity index (χ2v) is 5.20. The molecule has 1 amide bonds. The maximum absolute atomic E-state index is 12.1. The Kier molecular flexibility index (Phi) is 4.83. The third-order valence-corrected chi connectivity index (χ3v) is 3.66. The zero-order valence-corrected chi connectivity index (χ0v) is 12.0. The molecule has 0 aliphatic carbocycles. The molecular formula is C16H20N4O. The topological polar surface area (TPSA) is 96.1 Å². The molecule has 1 heterocycles. The fourth-order valence-electron chi connectivity index (χ4n) is 2.53. The Morgan fingerprint density at radius 3 is 3.05 bits per heavy atom. The van der Waals surface area contributed by atoms with Crippen LogP contribution >= 0.6 is 0 Å². The number of hydrogen-bond acceptors (Lipinski definition) is 4. The van der Waals surface area contributed by atoms with Crippen molar-refractivity contribution < 1.29 is 4.79 Å². The second kappa shape index (κ2) is 6.80. The monoisotopic (exact) mass is 284 g/mol. The van der Waals surface area contributed by atoms with Crippen LogP contribution in [0.1, 0.15) is 31.2 Å². The molecule has 1 atom stereocenters. The van der Waals surface area contributed by atoms with Gasteiger partial charge in [0, 0.05) is 24.4 Å². The van der Waals surface area contributed by atoms with Gasteiger partial charge < -0.3 is 16.4 Å². The fraction of sp³-hybridized carbons (Fsp3) is 0.375. The van der Waals surface area contributed by atoms with Crippen LogP contribution in [0.2, 0.25) is 0 Å². The number of nitriles is 1. The van der Waals surface area contributed by atoms with E-state index < -0.39 is 0 Å². The summed E-state index contributed by atoms with van der Waals surface area (Å²) in [6, 6.07) is 9.26. The Balaban J connectivity index is 1.90. The number of carbonyl (C=O) groups is 1. The van der Waals surface area contributed by atoms with E-state index in [1.165, 1.54) is 0 Å². The lowest BCUT2D eigenvalue weighted by Crippen LogP contribution is -2.34. The number of allylic oxidation sites excluding steroid dienone is 1. The van der Waals surface area contributed by atoms with E-state index in [1.807, 2.05) is 18.2 Å². The van der Waals surface area contributed by atoms with Gasteiger partial charge in [-0.05, 0) is 37.0 Å². The van der Waals surface area contributed by atoms with Gasteiger partial charge in [-0.3, -0.25) is 4.79 Å². The van der Waals surface area contributed by atoms with Gasteiger partial charge in [0.05, 0.1) is 6.07 Å². The van der Waals surface area contributed by atoms with Crippen LogP contribution in [0.3, 0.4) is 0 Å². The molecule has 4 N–H and O–H groups in total. The van der Waals surface area contributed by atoms with Crippen LogP contribution in [0.15, 0.2) is 30.3 Å². The average Bonchev–Trinajstić information content (AvgIpc) is 2.95. The first-order valence-corrected chi connectivity index (χ1v) is 7.12. The maximum atomic E-state index is 12.1. The molecule has 1 saturated heterocycles. The van der Waals surface area contributed by atoms with Crippen molar-refractivity contribution in [2.75, 3.05) is 12.3 Å². The zero-order valence-electron chi connectivity index (χ0n) is 12.0. The number of likely N-dealkylation sites (tertiary alicyclic amines) is 1. The molecule has 0 bridgehead atoms. The van der Waals surface area contributed by atoms with Gasteiger partial charge in [-0.2, -0.15) is 5.26 Å². The van der Waals surface area contributed by atoms with Crippen LogP contribution in [0.5, 0.6) is 0 Å². The Morgan fingerprint density at radius 2 is 2.33 bits per heavy atom. The van der Waals surface area contributed by atoms with Gasteiger partial charge in [0.25, 0.3) is 0 Å². The molecule has 1 aromatic rings. The molecule has 1 aromatic carbocycles. The highest BCUT2D eigenvalue weighted by Gasteiger charge is 2.27. The number of carbonyl (C=O) groups excluding carboxylic acids is 1. The number of amides is 1. The molecule has 1 aliphatic rings. The molecule has 21 heavy (non-hydrogen) atoms. The molecule has 5 heteroatoms. The van der Waals surface area contributed by atoms with Crippen molar-refractivity contribution in [3.63, 3.8) is 0 Å². The molecular weight excluding hydrogens is 264 g/mol. The third kappa shape index (κ3) is 3.76. The van der Waals surface area contributed by atoms with E-state index in [2.05, 4.69) is 6.07 Å². The van der Waals surface area contributed by atoms with Crippen molar-refractivity contribution in [3.05, 3.63) is 35.9 Å². The molecule has 1 aliphatic heterocycles. The minimum Gasteiger partial charge on any atom is -0.399 e. The number of anilines is 1. The normalized spacial score (nSPS) is 18.5. The quantitative estimate of drug-likeness (QED) is 0.825. The lowest BCUT2D eigenvalue weighted by molar-refractivity contribution is -0.131. The van der Waals surface area contributed by atoms with Crippen molar-refractivity contribution in [1.82, 2.24) is 4.90 Å². The van der Waals surface area contributed by atoms with Crippen molar-refractivity contribution in [2.24, 2.45) is 5.73 Å². The number of nitrogens with two attached hydrogens (primary N) is 2. The number of hydrogen-bond donors (Lipinski definition) is 2. The molecule has 0 radical (unpaired) electrons. The fourth-order valence-corrected chi connectivity index (χ4v) is 2.53. The minimum atomic E-state index is -0.257. The number of benzene rings is 1. The van der Waals surface area contributed by atoms with Crippen LogP contribution in [-0.2, 0) is 4.79 Å². The van der Waals surface area contributed by atoms with Gasteiger partial charge in [0.1, 0.15) is 6.04 Å². The smallest absolute Gasteiger partial charge is 0.223 e. The van der Waals surface area contributed by atoms with Gasteiger partial charge in [-0.1, -0.05) is 18.2 Å². The maximum Gasteiger partial charge on any atom is 0.223 e. The molecule has 1 unspecified atom stereocenters. The summed E-state index contributed by atoms with van der Waals surface area (Å²) in [6.07, 6.45) is 4.47. The van der Waals surface area contributed by atoms with E-state index in [0.717, 1.165) is 18.4 Å². The predicted octanol–water partition coefficient (Wildman–Crippen LogP) is 1.86. The van der Waals surface area contributed by atoms with Gasteiger partial charge in [-0.25, -0.2) is 0 Å². The SMILES string of the molecule is N#CC1CCCN1C(=O)CCC=C(N)c1cccc(N)c1.